The summed E-state index contributed by atoms with van der Waals surface area (Å²) in [7, 11) is 4.17. The zero-order valence-electron chi connectivity index (χ0n) is 13.7. The molecule has 1 N–H and O–H groups in total. The molecular weight excluding hydrogens is 262 g/mol. The average Bonchev–Trinajstić information content (AvgIpc) is 2.77. The summed E-state index contributed by atoms with van der Waals surface area (Å²) in [5.74, 6) is 0.237. The third-order valence-electron chi connectivity index (χ3n) is 6.35. The van der Waals surface area contributed by atoms with Crippen molar-refractivity contribution in [2.75, 3.05) is 14.1 Å². The van der Waals surface area contributed by atoms with Gasteiger partial charge in [0.15, 0.2) is 5.78 Å². The van der Waals surface area contributed by atoms with Crippen molar-refractivity contribution in [2.24, 2.45) is 11.8 Å². The van der Waals surface area contributed by atoms with Crippen LogP contribution in [0, 0.1) is 11.8 Å². The fourth-order valence-electron chi connectivity index (χ4n) is 5.46. The summed E-state index contributed by atoms with van der Waals surface area (Å²) < 4.78 is 0. The van der Waals surface area contributed by atoms with Crippen molar-refractivity contribution in [3.05, 3.63) is 11.6 Å². The van der Waals surface area contributed by atoms with E-state index in [-0.39, 0.29) is 23.2 Å². The van der Waals surface area contributed by atoms with E-state index in [0.717, 1.165) is 38.5 Å². The lowest BCUT2D eigenvalue weighted by atomic mass is 9.75. The van der Waals surface area contributed by atoms with Gasteiger partial charge < -0.3 is 5.11 Å². The van der Waals surface area contributed by atoms with Gasteiger partial charge in [0, 0.05) is 0 Å². The van der Waals surface area contributed by atoms with Crippen LogP contribution >= 0.6 is 0 Å². The highest BCUT2D eigenvalue weighted by molar-refractivity contribution is 5.99. The Morgan fingerprint density at radius 3 is 2.76 bits per heavy atom. The number of ketones is 1. The highest BCUT2D eigenvalue weighted by Gasteiger charge is 2.67. The zero-order chi connectivity index (χ0) is 15.3. The fraction of sp³-hybridized carbons (Fsp3) is 0.833. The number of allylic oxidation sites excluding steroid dienone is 1. The predicted octanol–water partition coefficient (Wildman–Crippen LogP) is 2.93. The Bertz CT molecular complexity index is 470. The fourth-order valence-corrected chi connectivity index (χ4v) is 5.46. The van der Waals surface area contributed by atoms with Crippen LogP contribution in [0.3, 0.4) is 0 Å². The van der Waals surface area contributed by atoms with Crippen LogP contribution in [0.1, 0.15) is 58.3 Å². The smallest absolute Gasteiger partial charge is 0.163 e. The number of aliphatic hydroxyl groups is 1. The van der Waals surface area contributed by atoms with Gasteiger partial charge in [-0.25, -0.2) is 0 Å². The monoisotopic (exact) mass is 291 g/mol. The number of hydrogen-bond acceptors (Lipinski definition) is 3. The molecule has 3 nitrogen and oxygen atoms in total. The Hall–Kier alpha value is -0.670. The van der Waals surface area contributed by atoms with Crippen LogP contribution in [-0.4, -0.2) is 41.0 Å². The molecule has 0 heterocycles. The second kappa shape index (κ2) is 5.20. The molecule has 3 rings (SSSR count). The number of likely N-dealkylation sites (N-methyl/N-ethyl adjacent to an activating group) is 1. The predicted molar refractivity (Wildman–Crippen MR) is 84.0 cm³/mol. The molecule has 21 heavy (non-hydrogen) atoms. The van der Waals surface area contributed by atoms with Crippen molar-refractivity contribution in [3.63, 3.8) is 0 Å². The minimum absolute atomic E-state index is 0.180. The number of carbonyl (C=O) groups is 1. The van der Waals surface area contributed by atoms with Gasteiger partial charge in [0.25, 0.3) is 0 Å². The standard InChI is InChI=1S/C18H29NO2/c1-4-8-13-11-15(20)16-17(13,19(2)3)12-14-9-6-5-7-10-18(14,16)21/h11,14,16,21H,4-10,12H2,1-3H3/t14-,16+,17+,18+/m0/s1. The van der Waals surface area contributed by atoms with Crippen molar-refractivity contribution in [2.45, 2.75) is 69.4 Å². The van der Waals surface area contributed by atoms with Crippen molar-refractivity contribution in [1.82, 2.24) is 4.90 Å². The largest absolute Gasteiger partial charge is 0.389 e. The maximum absolute atomic E-state index is 12.8. The minimum atomic E-state index is -0.774. The Morgan fingerprint density at radius 1 is 1.33 bits per heavy atom. The number of fused-ring (bicyclic) bond motifs is 3. The molecule has 118 valence electrons. The lowest BCUT2D eigenvalue weighted by Gasteiger charge is -2.42. The molecule has 3 heteroatoms. The molecule has 2 fully saturated rings. The van der Waals surface area contributed by atoms with Crippen molar-refractivity contribution in [3.8, 4) is 0 Å². The molecule has 0 spiro atoms. The van der Waals surface area contributed by atoms with Gasteiger partial charge in [0.2, 0.25) is 0 Å². The van der Waals surface area contributed by atoms with Crippen LogP contribution in [0.25, 0.3) is 0 Å². The van der Waals surface area contributed by atoms with Gasteiger partial charge in [0.1, 0.15) is 0 Å². The van der Waals surface area contributed by atoms with E-state index < -0.39 is 5.60 Å². The lowest BCUT2D eigenvalue weighted by molar-refractivity contribution is -0.131. The third-order valence-corrected chi connectivity index (χ3v) is 6.35. The lowest BCUT2D eigenvalue weighted by Crippen LogP contribution is -2.53. The van der Waals surface area contributed by atoms with Crippen molar-refractivity contribution >= 4 is 5.78 Å². The van der Waals surface area contributed by atoms with Gasteiger partial charge in [-0.05, 0) is 57.3 Å². The van der Waals surface area contributed by atoms with Crippen molar-refractivity contribution < 1.29 is 9.90 Å². The van der Waals surface area contributed by atoms with E-state index in [4.69, 9.17) is 0 Å². The summed E-state index contributed by atoms with van der Waals surface area (Å²) in [4.78, 5) is 15.0. The van der Waals surface area contributed by atoms with Gasteiger partial charge in [-0.15, -0.1) is 0 Å². The summed E-state index contributed by atoms with van der Waals surface area (Å²) in [6.07, 6.45) is 10.2. The minimum Gasteiger partial charge on any atom is -0.389 e. The van der Waals surface area contributed by atoms with E-state index in [9.17, 15) is 9.90 Å². The van der Waals surface area contributed by atoms with E-state index in [0.29, 0.717) is 0 Å². The molecule has 0 unspecified atom stereocenters. The van der Waals surface area contributed by atoms with Crippen LogP contribution in [-0.2, 0) is 4.79 Å². The molecule has 3 aliphatic carbocycles. The molecule has 0 aromatic heterocycles. The van der Waals surface area contributed by atoms with Crippen LogP contribution in [0.2, 0.25) is 0 Å². The number of hydrogen-bond donors (Lipinski definition) is 1. The Kier molecular flexibility index (Phi) is 3.77. The molecule has 0 saturated heterocycles. The van der Waals surface area contributed by atoms with Crippen LogP contribution in [0.15, 0.2) is 11.6 Å². The number of carbonyl (C=O) groups excluding carboxylic acids is 1. The quantitative estimate of drug-likeness (QED) is 0.869. The normalized spacial score (nSPS) is 42.7. The highest BCUT2D eigenvalue weighted by Crippen LogP contribution is 2.60. The topological polar surface area (TPSA) is 40.5 Å². The molecular formula is C18H29NO2. The first kappa shape index (κ1) is 15.2. The molecule has 0 aromatic rings. The summed E-state index contributed by atoms with van der Waals surface area (Å²) >= 11 is 0. The van der Waals surface area contributed by atoms with Crippen LogP contribution in [0.4, 0.5) is 0 Å². The van der Waals surface area contributed by atoms with Gasteiger partial charge in [0.05, 0.1) is 17.1 Å². The van der Waals surface area contributed by atoms with Gasteiger partial charge in [-0.1, -0.05) is 32.6 Å². The Balaban J connectivity index is 2.07. The maximum Gasteiger partial charge on any atom is 0.163 e. The number of nitrogens with zero attached hydrogens (tertiary/aromatic N) is 1. The second-order valence-corrected chi connectivity index (χ2v) is 7.57. The van der Waals surface area contributed by atoms with E-state index in [1.165, 1.54) is 18.4 Å². The van der Waals surface area contributed by atoms with Crippen LogP contribution < -0.4 is 0 Å². The van der Waals surface area contributed by atoms with Gasteiger partial charge in [-0.3, -0.25) is 9.69 Å². The molecule has 0 bridgehead atoms. The summed E-state index contributed by atoms with van der Waals surface area (Å²) in [5.41, 5.74) is 0.278. The second-order valence-electron chi connectivity index (χ2n) is 7.57. The highest BCUT2D eigenvalue weighted by atomic mass is 16.3. The molecule has 3 aliphatic rings. The molecule has 2 saturated carbocycles. The molecule has 0 radical (unpaired) electrons. The third kappa shape index (κ3) is 1.97. The summed E-state index contributed by atoms with van der Waals surface area (Å²) in [6.45, 7) is 2.17. The summed E-state index contributed by atoms with van der Waals surface area (Å²) in [5, 5.41) is 11.5. The zero-order valence-corrected chi connectivity index (χ0v) is 13.7. The number of rotatable bonds is 3. The van der Waals surface area contributed by atoms with E-state index in [1.54, 1.807) is 0 Å². The summed E-state index contributed by atoms with van der Waals surface area (Å²) in [6, 6.07) is 0. The van der Waals surface area contributed by atoms with E-state index in [1.807, 2.05) is 6.08 Å². The molecule has 0 aromatic carbocycles. The molecule has 0 amide bonds. The first-order valence-corrected chi connectivity index (χ1v) is 8.61. The average molecular weight is 291 g/mol. The van der Waals surface area contributed by atoms with E-state index in [2.05, 4.69) is 25.9 Å². The maximum atomic E-state index is 12.8. The van der Waals surface area contributed by atoms with Crippen molar-refractivity contribution in [1.29, 1.82) is 0 Å². The van der Waals surface area contributed by atoms with Gasteiger partial charge >= 0.3 is 0 Å². The Labute approximate surface area is 128 Å². The Morgan fingerprint density at radius 2 is 2.10 bits per heavy atom. The van der Waals surface area contributed by atoms with Crippen LogP contribution in [0.5, 0.6) is 0 Å². The SMILES string of the molecule is CCCC1=CC(=O)[C@H]2[C@@]3(O)CCCCC[C@H]3C[C@@]12N(C)C. The van der Waals surface area contributed by atoms with E-state index >= 15 is 0 Å². The van der Waals surface area contributed by atoms with Gasteiger partial charge in [-0.2, -0.15) is 0 Å². The first-order valence-electron chi connectivity index (χ1n) is 8.61. The first-order chi connectivity index (χ1) is 9.96. The molecule has 0 aliphatic heterocycles. The molecule has 4 atom stereocenters.